The topological polar surface area (TPSA) is 45.2 Å². The number of carbonyl (C=O) groups is 1. The van der Waals surface area contributed by atoms with Gasteiger partial charge in [-0.15, -0.1) is 23.1 Å². The second kappa shape index (κ2) is 9.61. The molecule has 1 aromatic carbocycles. The fourth-order valence-corrected chi connectivity index (χ4v) is 4.57. The van der Waals surface area contributed by atoms with Crippen molar-refractivity contribution in [1.82, 2.24) is 15.2 Å². The van der Waals surface area contributed by atoms with Crippen LogP contribution in [0.15, 0.2) is 34.5 Å². The lowest BCUT2D eigenvalue weighted by molar-refractivity contribution is 0.0696. The molecule has 2 aromatic rings. The molecular weight excluding hydrogens is 388 g/mol. The predicted octanol–water partition coefficient (Wildman–Crippen LogP) is 4.20. The van der Waals surface area contributed by atoms with Gasteiger partial charge >= 0.3 is 0 Å². The lowest BCUT2D eigenvalue weighted by Gasteiger charge is -2.32. The number of nitrogens with zero attached hydrogens (tertiary/aromatic N) is 2. The Bertz CT molecular complexity index is 744. The van der Waals surface area contributed by atoms with Crippen molar-refractivity contribution in [1.29, 1.82) is 0 Å². The number of hydrogen-bond donors (Lipinski definition) is 1. The number of hydrogen-bond acceptors (Lipinski definition) is 5. The van der Waals surface area contributed by atoms with Crippen LogP contribution in [-0.4, -0.2) is 47.9 Å². The second-order valence-electron chi connectivity index (χ2n) is 6.61. The Morgan fingerprint density at radius 1 is 1.33 bits per heavy atom. The first-order valence-corrected chi connectivity index (χ1v) is 10.8. The summed E-state index contributed by atoms with van der Waals surface area (Å²) in [5.41, 5.74) is 1.70. The lowest BCUT2D eigenvalue weighted by atomic mass is 10.0. The first-order valence-electron chi connectivity index (χ1n) is 8.95. The largest absolute Gasteiger partial charge is 0.349 e. The SMILES string of the molecule is Cc1nc(CSc2ccc(C(=O)NC3CCN(CC(F)F)CC3)cc2)cs1. The number of benzene rings is 1. The van der Waals surface area contributed by atoms with E-state index in [4.69, 9.17) is 0 Å². The molecule has 3 rings (SSSR count). The van der Waals surface area contributed by atoms with Crippen molar-refractivity contribution in [3.05, 3.63) is 45.9 Å². The molecule has 1 aliphatic heterocycles. The Balaban J connectivity index is 1.45. The van der Waals surface area contributed by atoms with E-state index in [1.54, 1.807) is 28.0 Å². The first kappa shape index (κ1) is 20.2. The van der Waals surface area contributed by atoms with Crippen molar-refractivity contribution in [2.45, 2.75) is 42.9 Å². The van der Waals surface area contributed by atoms with E-state index in [0.717, 1.165) is 21.3 Å². The molecule has 27 heavy (non-hydrogen) atoms. The smallest absolute Gasteiger partial charge is 0.251 e. The highest BCUT2D eigenvalue weighted by molar-refractivity contribution is 7.98. The van der Waals surface area contributed by atoms with Gasteiger partial charge in [-0.2, -0.15) is 0 Å². The third-order valence-corrected chi connectivity index (χ3v) is 6.36. The molecule has 8 heteroatoms. The molecule has 0 aliphatic carbocycles. The molecule has 1 aliphatic rings. The van der Waals surface area contributed by atoms with Crippen LogP contribution in [0.1, 0.15) is 33.9 Å². The minimum absolute atomic E-state index is 0.0494. The number of likely N-dealkylation sites (tertiary alicyclic amines) is 1. The molecule has 0 radical (unpaired) electrons. The molecule has 0 bridgehead atoms. The number of alkyl halides is 2. The van der Waals surface area contributed by atoms with Crippen LogP contribution in [0.3, 0.4) is 0 Å². The van der Waals surface area contributed by atoms with Crippen molar-refractivity contribution in [2.75, 3.05) is 19.6 Å². The molecule has 0 spiro atoms. The van der Waals surface area contributed by atoms with Crippen molar-refractivity contribution in [3.8, 4) is 0 Å². The van der Waals surface area contributed by atoms with Gasteiger partial charge in [0.15, 0.2) is 0 Å². The fraction of sp³-hybridized carbons (Fsp3) is 0.474. The molecule has 0 unspecified atom stereocenters. The number of nitrogens with one attached hydrogen (secondary N) is 1. The summed E-state index contributed by atoms with van der Waals surface area (Å²) in [5, 5.41) is 6.15. The number of aryl methyl sites for hydroxylation is 1. The van der Waals surface area contributed by atoms with Crippen LogP contribution in [-0.2, 0) is 5.75 Å². The van der Waals surface area contributed by atoms with Gasteiger partial charge in [0.1, 0.15) is 0 Å². The van der Waals surface area contributed by atoms with E-state index < -0.39 is 6.43 Å². The minimum Gasteiger partial charge on any atom is -0.349 e. The van der Waals surface area contributed by atoms with Gasteiger partial charge < -0.3 is 5.32 Å². The zero-order valence-corrected chi connectivity index (χ0v) is 16.8. The van der Waals surface area contributed by atoms with E-state index in [9.17, 15) is 13.6 Å². The lowest BCUT2D eigenvalue weighted by Crippen LogP contribution is -2.45. The zero-order valence-electron chi connectivity index (χ0n) is 15.2. The highest BCUT2D eigenvalue weighted by Gasteiger charge is 2.22. The number of thioether (sulfide) groups is 1. The van der Waals surface area contributed by atoms with Crippen LogP contribution in [0.25, 0.3) is 0 Å². The van der Waals surface area contributed by atoms with E-state index in [1.807, 2.05) is 31.2 Å². The van der Waals surface area contributed by atoms with Gasteiger partial charge in [-0.05, 0) is 44.0 Å². The Morgan fingerprint density at radius 3 is 2.63 bits per heavy atom. The van der Waals surface area contributed by atoms with Crippen LogP contribution in [0.5, 0.6) is 0 Å². The number of piperidine rings is 1. The molecule has 1 fully saturated rings. The number of carbonyl (C=O) groups excluding carboxylic acids is 1. The number of halogens is 2. The summed E-state index contributed by atoms with van der Waals surface area (Å²) in [7, 11) is 0. The summed E-state index contributed by atoms with van der Waals surface area (Å²) < 4.78 is 24.8. The maximum atomic E-state index is 12.4. The van der Waals surface area contributed by atoms with Gasteiger partial charge in [-0.1, -0.05) is 0 Å². The molecule has 2 heterocycles. The summed E-state index contributed by atoms with van der Waals surface area (Å²) in [6.45, 7) is 3.01. The molecular formula is C19H23F2N3OS2. The first-order chi connectivity index (χ1) is 13.0. The van der Waals surface area contributed by atoms with Crippen LogP contribution in [0.4, 0.5) is 8.78 Å². The van der Waals surface area contributed by atoms with Crippen LogP contribution in [0.2, 0.25) is 0 Å². The summed E-state index contributed by atoms with van der Waals surface area (Å²) in [4.78, 5) is 19.7. The van der Waals surface area contributed by atoms with E-state index in [1.165, 1.54) is 0 Å². The molecule has 4 nitrogen and oxygen atoms in total. The number of thiazole rings is 1. The molecule has 1 saturated heterocycles. The van der Waals surface area contributed by atoms with Crippen molar-refractivity contribution >= 4 is 29.0 Å². The third-order valence-electron chi connectivity index (χ3n) is 4.49. The minimum atomic E-state index is -2.30. The Morgan fingerprint density at radius 2 is 2.04 bits per heavy atom. The van der Waals surface area contributed by atoms with Crippen molar-refractivity contribution < 1.29 is 13.6 Å². The average Bonchev–Trinajstić information content (AvgIpc) is 3.07. The molecule has 1 N–H and O–H groups in total. The van der Waals surface area contributed by atoms with Crippen LogP contribution >= 0.6 is 23.1 Å². The van der Waals surface area contributed by atoms with Crippen LogP contribution in [0, 0.1) is 6.92 Å². The standard InChI is InChI=1S/C19H23F2N3OS2/c1-13-22-16(11-26-13)12-27-17-4-2-14(3-5-17)19(25)23-15-6-8-24(9-7-15)10-18(20)21/h2-5,11,15,18H,6-10,12H2,1H3,(H,23,25). The van der Waals surface area contributed by atoms with Crippen molar-refractivity contribution in [2.24, 2.45) is 0 Å². The van der Waals surface area contributed by atoms with Gasteiger partial charge in [0.2, 0.25) is 0 Å². The Hall–Kier alpha value is -1.51. The molecule has 0 atom stereocenters. The van der Waals surface area contributed by atoms with E-state index >= 15 is 0 Å². The third kappa shape index (κ3) is 6.26. The number of amides is 1. The van der Waals surface area contributed by atoms with Crippen LogP contribution < -0.4 is 5.32 Å². The fourth-order valence-electron chi connectivity index (χ4n) is 3.06. The average molecular weight is 412 g/mol. The predicted molar refractivity (Wildman–Crippen MR) is 106 cm³/mol. The zero-order chi connectivity index (χ0) is 19.2. The maximum absolute atomic E-state index is 12.4. The summed E-state index contributed by atoms with van der Waals surface area (Å²) >= 11 is 3.34. The Labute approximate surface area is 166 Å². The molecule has 0 saturated carbocycles. The summed E-state index contributed by atoms with van der Waals surface area (Å²) in [6, 6.07) is 7.60. The second-order valence-corrected chi connectivity index (χ2v) is 8.72. The van der Waals surface area contributed by atoms with Crippen molar-refractivity contribution in [3.63, 3.8) is 0 Å². The summed E-state index contributed by atoms with van der Waals surface area (Å²) in [5.74, 6) is 0.710. The van der Waals surface area contributed by atoms with Gasteiger partial charge in [-0.3, -0.25) is 9.69 Å². The Kier molecular flexibility index (Phi) is 7.20. The van der Waals surface area contributed by atoms with Gasteiger partial charge in [0.25, 0.3) is 12.3 Å². The number of rotatable bonds is 7. The van der Waals surface area contributed by atoms with E-state index in [-0.39, 0.29) is 18.5 Å². The maximum Gasteiger partial charge on any atom is 0.251 e. The summed E-state index contributed by atoms with van der Waals surface area (Å²) in [6.07, 6.45) is -0.883. The van der Waals surface area contributed by atoms with Gasteiger partial charge in [0, 0.05) is 40.7 Å². The highest BCUT2D eigenvalue weighted by Crippen LogP contribution is 2.24. The monoisotopic (exact) mass is 411 g/mol. The van der Waals surface area contributed by atoms with Gasteiger partial charge in [0.05, 0.1) is 17.2 Å². The van der Waals surface area contributed by atoms with E-state index in [2.05, 4.69) is 15.7 Å². The number of aromatic nitrogens is 1. The normalized spacial score (nSPS) is 16.0. The molecule has 146 valence electrons. The van der Waals surface area contributed by atoms with Gasteiger partial charge in [-0.25, -0.2) is 13.8 Å². The molecule has 1 amide bonds. The molecule has 1 aromatic heterocycles. The highest BCUT2D eigenvalue weighted by atomic mass is 32.2. The quantitative estimate of drug-likeness (QED) is 0.694. The van der Waals surface area contributed by atoms with E-state index in [0.29, 0.717) is 31.5 Å².